The highest BCUT2D eigenvalue weighted by Gasteiger charge is 2.33. The number of aliphatic hydroxyl groups is 1. The number of halogens is 1. The molecule has 1 aliphatic heterocycles. The van der Waals surface area contributed by atoms with E-state index in [0.29, 0.717) is 19.6 Å². The third kappa shape index (κ3) is 4.50. The maximum Gasteiger partial charge on any atom is 0.239 e. The molecule has 0 radical (unpaired) electrons. The second kappa shape index (κ2) is 7.86. The summed E-state index contributed by atoms with van der Waals surface area (Å²) in [5.41, 5.74) is 6.33. The van der Waals surface area contributed by atoms with E-state index in [1.54, 1.807) is 19.1 Å². The first-order chi connectivity index (χ1) is 10.9. The number of aliphatic hydroxyl groups excluding tert-OH is 1. The molecule has 128 valence electrons. The van der Waals surface area contributed by atoms with E-state index in [0.717, 1.165) is 18.5 Å². The molecule has 1 saturated heterocycles. The van der Waals surface area contributed by atoms with Crippen LogP contribution in [0.15, 0.2) is 24.3 Å². The van der Waals surface area contributed by atoms with Gasteiger partial charge in [0.1, 0.15) is 11.9 Å². The fourth-order valence-electron chi connectivity index (χ4n) is 3.32. The number of carbonyl (C=O) groups excluding carboxylic acids is 1. The van der Waals surface area contributed by atoms with Gasteiger partial charge in [-0.2, -0.15) is 0 Å². The van der Waals surface area contributed by atoms with Crippen molar-refractivity contribution >= 4 is 5.91 Å². The number of rotatable bonds is 6. The predicted octanol–water partition coefficient (Wildman–Crippen LogP) is 1.13. The van der Waals surface area contributed by atoms with Crippen molar-refractivity contribution in [3.63, 3.8) is 0 Å². The quantitative estimate of drug-likeness (QED) is 0.823. The van der Waals surface area contributed by atoms with Crippen molar-refractivity contribution < 1.29 is 14.3 Å². The van der Waals surface area contributed by atoms with Crippen LogP contribution in [-0.4, -0.2) is 59.1 Å². The van der Waals surface area contributed by atoms with Gasteiger partial charge in [-0.15, -0.1) is 0 Å². The third-order valence-corrected chi connectivity index (χ3v) is 4.43. The Morgan fingerprint density at radius 1 is 1.39 bits per heavy atom. The molecule has 2 rings (SSSR count). The Kier molecular flexibility index (Phi) is 6.10. The molecule has 0 aromatic heterocycles. The van der Waals surface area contributed by atoms with Crippen LogP contribution in [0.3, 0.4) is 0 Å². The first-order valence-corrected chi connectivity index (χ1v) is 8.13. The largest absolute Gasteiger partial charge is 0.392 e. The Morgan fingerprint density at radius 2 is 2.04 bits per heavy atom. The van der Waals surface area contributed by atoms with Crippen LogP contribution < -0.4 is 5.73 Å². The molecule has 1 aliphatic rings. The predicted molar refractivity (Wildman–Crippen MR) is 87.2 cm³/mol. The highest BCUT2D eigenvalue weighted by Crippen LogP contribution is 2.25. The number of amides is 1. The van der Waals surface area contributed by atoms with E-state index in [-0.39, 0.29) is 18.0 Å². The molecule has 3 N–H and O–H groups in total. The number of piperazine rings is 1. The van der Waals surface area contributed by atoms with E-state index in [2.05, 4.69) is 16.7 Å². The van der Waals surface area contributed by atoms with Crippen molar-refractivity contribution in [3.8, 4) is 0 Å². The van der Waals surface area contributed by atoms with E-state index in [4.69, 9.17) is 5.73 Å². The zero-order valence-electron chi connectivity index (χ0n) is 13.8. The fourth-order valence-corrected chi connectivity index (χ4v) is 3.32. The van der Waals surface area contributed by atoms with Gasteiger partial charge in [0.25, 0.3) is 0 Å². The van der Waals surface area contributed by atoms with Gasteiger partial charge in [-0.05, 0) is 31.0 Å². The summed E-state index contributed by atoms with van der Waals surface area (Å²) in [6.07, 6.45) is 0.553. The Labute approximate surface area is 136 Å². The zero-order valence-corrected chi connectivity index (χ0v) is 13.8. The molecule has 1 heterocycles. The SMILES string of the molecule is CC[C@@H]1CN([C@H](C(N)=O)c2ccc(F)cc2)CCN1C[C@@H](C)O. The van der Waals surface area contributed by atoms with E-state index in [1.165, 1.54) is 12.1 Å². The van der Waals surface area contributed by atoms with Crippen molar-refractivity contribution in [1.82, 2.24) is 9.80 Å². The lowest BCUT2D eigenvalue weighted by Gasteiger charge is -2.44. The molecule has 0 spiro atoms. The van der Waals surface area contributed by atoms with Gasteiger partial charge >= 0.3 is 0 Å². The van der Waals surface area contributed by atoms with Crippen molar-refractivity contribution in [2.75, 3.05) is 26.2 Å². The zero-order chi connectivity index (χ0) is 17.0. The second-order valence-corrected chi connectivity index (χ2v) is 6.26. The fraction of sp³-hybridized carbons (Fsp3) is 0.588. The summed E-state index contributed by atoms with van der Waals surface area (Å²) in [6, 6.07) is 5.67. The summed E-state index contributed by atoms with van der Waals surface area (Å²) in [5.74, 6) is -0.749. The summed E-state index contributed by atoms with van der Waals surface area (Å²) in [7, 11) is 0. The summed E-state index contributed by atoms with van der Waals surface area (Å²) >= 11 is 0. The number of nitrogens with two attached hydrogens (primary N) is 1. The Bertz CT molecular complexity index is 521. The smallest absolute Gasteiger partial charge is 0.239 e. The summed E-state index contributed by atoms with van der Waals surface area (Å²) in [6.45, 7) is 6.67. The maximum absolute atomic E-state index is 13.1. The molecule has 1 aromatic carbocycles. The van der Waals surface area contributed by atoms with Gasteiger partial charge < -0.3 is 10.8 Å². The molecular formula is C17H26FN3O2. The van der Waals surface area contributed by atoms with Gasteiger partial charge in [0, 0.05) is 32.2 Å². The van der Waals surface area contributed by atoms with Gasteiger partial charge in [0.2, 0.25) is 5.91 Å². The topological polar surface area (TPSA) is 69.8 Å². The number of benzene rings is 1. The molecule has 0 aliphatic carbocycles. The van der Waals surface area contributed by atoms with Gasteiger partial charge in [-0.3, -0.25) is 14.6 Å². The van der Waals surface area contributed by atoms with E-state index in [9.17, 15) is 14.3 Å². The normalized spacial score (nSPS) is 22.7. The number of primary amides is 1. The Balaban J connectivity index is 2.15. The van der Waals surface area contributed by atoms with Gasteiger partial charge in [-0.25, -0.2) is 4.39 Å². The molecule has 5 nitrogen and oxygen atoms in total. The molecule has 1 fully saturated rings. The van der Waals surface area contributed by atoms with Crippen LogP contribution in [0.2, 0.25) is 0 Å². The van der Waals surface area contributed by atoms with E-state index >= 15 is 0 Å². The minimum atomic E-state index is -0.543. The highest BCUT2D eigenvalue weighted by molar-refractivity contribution is 5.81. The van der Waals surface area contributed by atoms with Crippen LogP contribution in [0.1, 0.15) is 31.9 Å². The summed E-state index contributed by atoms with van der Waals surface area (Å²) in [5, 5.41) is 9.62. The number of carbonyl (C=O) groups is 1. The van der Waals surface area contributed by atoms with Gasteiger partial charge in [-0.1, -0.05) is 19.1 Å². The number of hydrogen-bond acceptors (Lipinski definition) is 4. The first-order valence-electron chi connectivity index (χ1n) is 8.13. The van der Waals surface area contributed by atoms with Crippen molar-refractivity contribution in [3.05, 3.63) is 35.6 Å². The first kappa shape index (κ1) is 17.8. The van der Waals surface area contributed by atoms with Crippen LogP contribution in [-0.2, 0) is 4.79 Å². The van der Waals surface area contributed by atoms with Crippen molar-refractivity contribution in [2.45, 2.75) is 38.5 Å². The minimum absolute atomic E-state index is 0.264. The third-order valence-electron chi connectivity index (χ3n) is 4.43. The summed E-state index contributed by atoms with van der Waals surface area (Å²) < 4.78 is 13.1. The molecule has 0 saturated carbocycles. The van der Waals surface area contributed by atoms with Crippen molar-refractivity contribution in [2.24, 2.45) is 5.73 Å². The van der Waals surface area contributed by atoms with Crippen LogP contribution in [0.4, 0.5) is 4.39 Å². The molecule has 0 unspecified atom stereocenters. The van der Waals surface area contributed by atoms with Gasteiger partial charge in [0.05, 0.1) is 6.10 Å². The molecule has 0 bridgehead atoms. The number of β-amino-alcohol motifs (C(OH)–C–C–N with tert-alkyl or cyclic N) is 1. The molecule has 1 aromatic rings. The molecular weight excluding hydrogens is 297 g/mol. The number of hydrogen-bond donors (Lipinski definition) is 2. The lowest BCUT2D eigenvalue weighted by atomic mass is 10.0. The Hall–Kier alpha value is -1.50. The second-order valence-electron chi connectivity index (χ2n) is 6.26. The maximum atomic E-state index is 13.1. The van der Waals surface area contributed by atoms with Gasteiger partial charge in [0.15, 0.2) is 0 Å². The molecule has 3 atom stereocenters. The molecule has 23 heavy (non-hydrogen) atoms. The minimum Gasteiger partial charge on any atom is -0.392 e. The molecule has 1 amide bonds. The highest BCUT2D eigenvalue weighted by atomic mass is 19.1. The average molecular weight is 323 g/mol. The Morgan fingerprint density at radius 3 is 2.57 bits per heavy atom. The van der Waals surface area contributed by atoms with Crippen LogP contribution in [0, 0.1) is 5.82 Å². The van der Waals surface area contributed by atoms with Crippen LogP contribution in [0.25, 0.3) is 0 Å². The van der Waals surface area contributed by atoms with Crippen LogP contribution in [0.5, 0.6) is 0 Å². The lowest BCUT2D eigenvalue weighted by molar-refractivity contribution is -0.125. The average Bonchev–Trinajstić information content (AvgIpc) is 2.50. The lowest BCUT2D eigenvalue weighted by Crippen LogP contribution is -2.56. The van der Waals surface area contributed by atoms with E-state index in [1.807, 2.05) is 0 Å². The summed E-state index contributed by atoms with van der Waals surface area (Å²) in [4.78, 5) is 16.3. The monoisotopic (exact) mass is 323 g/mol. The number of nitrogens with zero attached hydrogens (tertiary/aromatic N) is 2. The van der Waals surface area contributed by atoms with Crippen LogP contribution >= 0.6 is 0 Å². The standard InChI is InChI=1S/C17H26FN3O2/c1-3-15-11-21(9-8-20(15)10-12(2)22)16(17(19)23)13-4-6-14(18)7-5-13/h4-7,12,15-16,22H,3,8-11H2,1-2H3,(H2,19,23)/t12-,15-,16+/m1/s1. The molecule has 6 heteroatoms. The van der Waals surface area contributed by atoms with E-state index < -0.39 is 11.9 Å². The van der Waals surface area contributed by atoms with Crippen molar-refractivity contribution in [1.29, 1.82) is 0 Å².